The van der Waals surface area contributed by atoms with Gasteiger partial charge in [-0.2, -0.15) is 13.4 Å². The smallest absolute Gasteiger partial charge is 0.234 e. The summed E-state index contributed by atoms with van der Waals surface area (Å²) < 4.78 is 10.1. The van der Waals surface area contributed by atoms with E-state index >= 15 is 0 Å². The molecule has 0 bridgehead atoms. The van der Waals surface area contributed by atoms with Crippen LogP contribution in [0.3, 0.4) is 0 Å². The van der Waals surface area contributed by atoms with E-state index in [1.54, 1.807) is 4.68 Å². The molecule has 2 aromatic carbocycles. The van der Waals surface area contributed by atoms with Crippen molar-refractivity contribution >= 4 is 46.1 Å². The van der Waals surface area contributed by atoms with E-state index in [-0.39, 0.29) is 11.7 Å². The molecular formula is C17H15N7OS2. The lowest BCUT2D eigenvalue weighted by atomic mass is 10.1. The summed E-state index contributed by atoms with van der Waals surface area (Å²) in [5, 5.41) is 15.3. The molecule has 1 N–H and O–H groups in total. The van der Waals surface area contributed by atoms with Gasteiger partial charge in [-0.25, -0.2) is 0 Å². The van der Waals surface area contributed by atoms with Crippen LogP contribution in [0, 0.1) is 13.8 Å². The second kappa shape index (κ2) is 7.41. The number of aryl methyl sites for hydroxylation is 1. The molecule has 0 aliphatic rings. The minimum Gasteiger partial charge on any atom is -0.323 e. The summed E-state index contributed by atoms with van der Waals surface area (Å²) in [5.74, 6) is 0.0233. The van der Waals surface area contributed by atoms with Crippen LogP contribution >= 0.6 is 23.5 Å². The number of nitrogens with one attached hydrogen (secondary N) is 1. The third-order valence-electron chi connectivity index (χ3n) is 4.14. The fourth-order valence-electron chi connectivity index (χ4n) is 2.61. The fraction of sp³-hybridized carbons (Fsp3) is 0.176. The molecule has 1 amide bonds. The van der Waals surface area contributed by atoms with E-state index in [1.165, 1.54) is 11.8 Å². The molecule has 8 nitrogen and oxygen atoms in total. The van der Waals surface area contributed by atoms with Crippen molar-refractivity contribution in [3.63, 3.8) is 0 Å². The minimum atomic E-state index is -0.156. The Bertz CT molecular complexity index is 1120. The van der Waals surface area contributed by atoms with E-state index in [2.05, 4.69) is 29.6 Å². The molecule has 0 aliphatic heterocycles. The van der Waals surface area contributed by atoms with Gasteiger partial charge in [0, 0.05) is 0 Å². The Morgan fingerprint density at radius 2 is 2.04 bits per heavy atom. The molecule has 4 rings (SSSR count). The van der Waals surface area contributed by atoms with Crippen molar-refractivity contribution in [2.75, 3.05) is 11.1 Å². The van der Waals surface area contributed by atoms with Gasteiger partial charge in [0.15, 0.2) is 0 Å². The lowest BCUT2D eigenvalue weighted by molar-refractivity contribution is -0.113. The Balaban J connectivity index is 1.48. The summed E-state index contributed by atoms with van der Waals surface area (Å²) in [7, 11) is 0. The standard InChI is InChI=1S/C17H15N7OS2/c1-10-5-3-8-14(11(10)2)24-17(19-22-23-24)26-9-15(25)18-12-6-4-7-13-16(12)21-27-20-13/h3-8H,9H2,1-2H3,(H,18,25). The lowest BCUT2D eigenvalue weighted by Crippen LogP contribution is -2.15. The Morgan fingerprint density at radius 3 is 2.93 bits per heavy atom. The SMILES string of the molecule is Cc1cccc(-n2nnnc2SCC(=O)Nc2cccc3nsnc23)c1C. The molecule has 0 fully saturated rings. The van der Waals surface area contributed by atoms with Crippen LogP contribution in [0.2, 0.25) is 0 Å². The highest BCUT2D eigenvalue weighted by molar-refractivity contribution is 7.99. The molecular weight excluding hydrogens is 382 g/mol. The van der Waals surface area contributed by atoms with Crippen LogP contribution < -0.4 is 5.32 Å². The van der Waals surface area contributed by atoms with E-state index in [0.717, 1.165) is 34.1 Å². The molecule has 27 heavy (non-hydrogen) atoms. The van der Waals surface area contributed by atoms with Gasteiger partial charge in [-0.15, -0.1) is 5.10 Å². The normalized spacial score (nSPS) is 11.0. The van der Waals surface area contributed by atoms with Crippen molar-refractivity contribution in [2.45, 2.75) is 19.0 Å². The lowest BCUT2D eigenvalue weighted by Gasteiger charge is -2.09. The molecule has 2 aromatic heterocycles. The molecule has 0 saturated carbocycles. The summed E-state index contributed by atoms with van der Waals surface area (Å²) in [6.07, 6.45) is 0. The molecule has 10 heteroatoms. The third-order valence-corrected chi connectivity index (χ3v) is 5.60. The largest absolute Gasteiger partial charge is 0.323 e. The number of nitrogens with zero attached hydrogens (tertiary/aromatic N) is 6. The maximum atomic E-state index is 12.4. The van der Waals surface area contributed by atoms with Crippen LogP contribution in [0.5, 0.6) is 0 Å². The zero-order valence-electron chi connectivity index (χ0n) is 14.6. The van der Waals surface area contributed by atoms with Gasteiger partial charge in [-0.3, -0.25) is 4.79 Å². The summed E-state index contributed by atoms with van der Waals surface area (Å²) in [4.78, 5) is 12.4. The van der Waals surface area contributed by atoms with Crippen molar-refractivity contribution < 1.29 is 4.79 Å². The predicted octanol–water partition coefficient (Wildman–Crippen LogP) is 3.01. The predicted molar refractivity (Wildman–Crippen MR) is 105 cm³/mol. The topological polar surface area (TPSA) is 98.5 Å². The first kappa shape index (κ1) is 17.6. The highest BCUT2D eigenvalue weighted by Gasteiger charge is 2.15. The molecule has 136 valence electrons. The molecule has 2 heterocycles. The quantitative estimate of drug-likeness (QED) is 0.517. The van der Waals surface area contributed by atoms with E-state index < -0.39 is 0 Å². The van der Waals surface area contributed by atoms with Crippen LogP contribution in [0.1, 0.15) is 11.1 Å². The number of thioether (sulfide) groups is 1. The summed E-state index contributed by atoms with van der Waals surface area (Å²) in [6, 6.07) is 11.5. The summed E-state index contributed by atoms with van der Waals surface area (Å²) in [6.45, 7) is 4.06. The Kier molecular flexibility index (Phi) is 4.82. The van der Waals surface area contributed by atoms with Crippen molar-refractivity contribution in [3.8, 4) is 5.69 Å². The average molecular weight is 397 g/mol. The third kappa shape index (κ3) is 3.53. The van der Waals surface area contributed by atoms with Gasteiger partial charge in [0.05, 0.1) is 28.9 Å². The van der Waals surface area contributed by atoms with E-state index in [1.807, 2.05) is 50.2 Å². The molecule has 0 spiro atoms. The first-order valence-electron chi connectivity index (χ1n) is 8.12. The maximum Gasteiger partial charge on any atom is 0.234 e. The first-order chi connectivity index (χ1) is 13.1. The van der Waals surface area contributed by atoms with E-state index in [9.17, 15) is 4.79 Å². The Morgan fingerprint density at radius 1 is 1.19 bits per heavy atom. The van der Waals surface area contributed by atoms with Crippen molar-refractivity contribution in [3.05, 3.63) is 47.5 Å². The Labute approximate surface area is 163 Å². The number of tetrazole rings is 1. The first-order valence-corrected chi connectivity index (χ1v) is 9.84. The average Bonchev–Trinajstić information content (AvgIpc) is 3.32. The molecule has 0 saturated heterocycles. The van der Waals surface area contributed by atoms with Crippen LogP contribution in [0.25, 0.3) is 16.7 Å². The molecule has 0 radical (unpaired) electrons. The van der Waals surface area contributed by atoms with Gasteiger partial charge in [0.25, 0.3) is 0 Å². The fourth-order valence-corrected chi connectivity index (χ4v) is 3.84. The number of carbonyl (C=O) groups is 1. The number of rotatable bonds is 5. The number of fused-ring (bicyclic) bond motifs is 1. The van der Waals surface area contributed by atoms with Crippen LogP contribution in [-0.2, 0) is 4.79 Å². The second-order valence-corrected chi connectivity index (χ2v) is 7.34. The van der Waals surface area contributed by atoms with Crippen LogP contribution in [-0.4, -0.2) is 40.6 Å². The van der Waals surface area contributed by atoms with Gasteiger partial charge in [0.1, 0.15) is 11.0 Å². The van der Waals surface area contributed by atoms with Gasteiger partial charge >= 0.3 is 0 Å². The number of aromatic nitrogens is 6. The molecule has 0 atom stereocenters. The number of amides is 1. The molecule has 4 aromatic rings. The second-order valence-electron chi connectivity index (χ2n) is 5.87. The van der Waals surface area contributed by atoms with Crippen LogP contribution in [0.4, 0.5) is 5.69 Å². The number of hydrogen-bond donors (Lipinski definition) is 1. The van der Waals surface area contributed by atoms with Gasteiger partial charge in [-0.1, -0.05) is 30.0 Å². The minimum absolute atomic E-state index is 0.156. The van der Waals surface area contributed by atoms with Gasteiger partial charge in [0.2, 0.25) is 11.1 Å². The van der Waals surface area contributed by atoms with Crippen molar-refractivity contribution in [2.24, 2.45) is 0 Å². The molecule has 0 unspecified atom stereocenters. The number of carbonyl (C=O) groups excluding carboxylic acids is 1. The van der Waals surface area contributed by atoms with E-state index in [4.69, 9.17) is 0 Å². The number of benzene rings is 2. The highest BCUT2D eigenvalue weighted by Crippen LogP contribution is 2.24. The molecule has 0 aliphatic carbocycles. The van der Waals surface area contributed by atoms with E-state index in [0.29, 0.717) is 16.4 Å². The maximum absolute atomic E-state index is 12.4. The highest BCUT2D eigenvalue weighted by atomic mass is 32.2. The summed E-state index contributed by atoms with van der Waals surface area (Å²) in [5.41, 5.74) is 5.27. The monoisotopic (exact) mass is 397 g/mol. The number of hydrogen-bond acceptors (Lipinski definition) is 8. The van der Waals surface area contributed by atoms with Gasteiger partial charge < -0.3 is 5.32 Å². The zero-order chi connectivity index (χ0) is 18.8. The zero-order valence-corrected chi connectivity index (χ0v) is 16.2. The van der Waals surface area contributed by atoms with Gasteiger partial charge in [-0.05, 0) is 53.6 Å². The van der Waals surface area contributed by atoms with Crippen molar-refractivity contribution in [1.29, 1.82) is 0 Å². The number of anilines is 1. The van der Waals surface area contributed by atoms with Crippen molar-refractivity contribution in [1.82, 2.24) is 29.0 Å². The van der Waals surface area contributed by atoms with Crippen LogP contribution in [0.15, 0.2) is 41.6 Å². The summed E-state index contributed by atoms with van der Waals surface area (Å²) >= 11 is 2.40. The Hall–Kier alpha value is -2.85.